The maximum atomic E-state index is 13.1. The molecular weight excluding hydrogens is 272 g/mol. The van der Waals surface area contributed by atoms with Gasteiger partial charge in [-0.15, -0.1) is 0 Å². The topological polar surface area (TPSA) is 32.3 Å². The fourth-order valence-corrected chi connectivity index (χ4v) is 3.32. The molecule has 0 bridgehead atoms. The monoisotopic (exact) mass is 294 g/mol. The van der Waals surface area contributed by atoms with E-state index in [1.165, 1.54) is 5.56 Å². The smallest absolute Gasteiger partial charge is 0.248 e. The number of hydrogen-bond donors (Lipinski definition) is 1. The van der Waals surface area contributed by atoms with Crippen LogP contribution in [0.3, 0.4) is 0 Å². The van der Waals surface area contributed by atoms with Crippen LogP contribution in [0.15, 0.2) is 54.6 Å². The van der Waals surface area contributed by atoms with Gasteiger partial charge < -0.3 is 10.2 Å². The third-order valence-electron chi connectivity index (χ3n) is 4.42. The number of rotatable bonds is 2. The summed E-state index contributed by atoms with van der Waals surface area (Å²) in [6, 6.07) is 17.9. The van der Waals surface area contributed by atoms with Gasteiger partial charge in [-0.2, -0.15) is 0 Å². The third-order valence-corrected chi connectivity index (χ3v) is 4.42. The highest BCUT2D eigenvalue weighted by Gasteiger charge is 2.38. The van der Waals surface area contributed by atoms with Crippen LogP contribution < -0.4 is 10.2 Å². The molecule has 0 fully saturated rings. The minimum atomic E-state index is -0.307. The Balaban J connectivity index is 2.14. The first-order valence-electron chi connectivity index (χ1n) is 7.68. The zero-order valence-corrected chi connectivity index (χ0v) is 13.3. The van der Waals surface area contributed by atoms with E-state index in [1.807, 2.05) is 48.3 Å². The van der Waals surface area contributed by atoms with Gasteiger partial charge in [-0.3, -0.25) is 4.79 Å². The van der Waals surface area contributed by atoms with Crippen molar-refractivity contribution in [3.63, 3.8) is 0 Å². The Morgan fingerprint density at radius 2 is 1.68 bits per heavy atom. The summed E-state index contributed by atoms with van der Waals surface area (Å²) in [6.45, 7) is 5.07. The number of amides is 1. The van der Waals surface area contributed by atoms with E-state index in [4.69, 9.17) is 0 Å². The number of hydrogen-bond acceptors (Lipinski definition) is 2. The van der Waals surface area contributed by atoms with Crippen LogP contribution in [0.4, 0.5) is 5.69 Å². The largest absolute Gasteiger partial charge is 0.310 e. The Bertz CT molecular complexity index is 679. The van der Waals surface area contributed by atoms with E-state index < -0.39 is 0 Å². The van der Waals surface area contributed by atoms with Crippen LogP contribution in [0, 0.1) is 0 Å². The highest BCUT2D eigenvalue weighted by Crippen LogP contribution is 2.36. The van der Waals surface area contributed by atoms with Gasteiger partial charge in [-0.25, -0.2) is 0 Å². The molecule has 3 rings (SSSR count). The van der Waals surface area contributed by atoms with Crippen molar-refractivity contribution in [3.05, 3.63) is 65.7 Å². The van der Waals surface area contributed by atoms with Crippen LogP contribution in [-0.2, 0) is 10.2 Å². The Morgan fingerprint density at radius 3 is 2.36 bits per heavy atom. The number of nitrogens with one attached hydrogen (secondary N) is 1. The highest BCUT2D eigenvalue weighted by atomic mass is 16.2. The van der Waals surface area contributed by atoms with Gasteiger partial charge in [0.2, 0.25) is 5.91 Å². The van der Waals surface area contributed by atoms with Gasteiger partial charge in [-0.1, -0.05) is 56.3 Å². The van der Waals surface area contributed by atoms with Gasteiger partial charge in [0.25, 0.3) is 0 Å². The number of nitrogens with zero attached hydrogens (tertiary/aromatic N) is 1. The molecule has 1 amide bonds. The maximum Gasteiger partial charge on any atom is 0.248 e. The number of likely N-dealkylation sites (N-methyl/N-ethyl adjacent to an activating group) is 1. The first kappa shape index (κ1) is 14.8. The molecule has 2 aromatic rings. The predicted octanol–water partition coefficient (Wildman–Crippen LogP) is 3.27. The number of benzene rings is 2. The number of fused-ring (bicyclic) bond motifs is 1. The number of anilines is 1. The summed E-state index contributed by atoms with van der Waals surface area (Å²) in [4.78, 5) is 15.0. The molecular formula is C19H22N2O. The molecule has 3 nitrogen and oxygen atoms in total. The van der Waals surface area contributed by atoms with E-state index in [-0.39, 0.29) is 17.4 Å². The zero-order valence-electron chi connectivity index (χ0n) is 13.3. The first-order chi connectivity index (χ1) is 10.5. The standard InChI is InChI=1S/C19H22N2O/c1-19(2)13-21(14-9-5-4-6-10-14)18(22)17(20-3)15-11-7-8-12-16(15)19/h4-12,17,20H,13H2,1-3H3. The summed E-state index contributed by atoms with van der Waals surface area (Å²) >= 11 is 0. The molecule has 1 aliphatic heterocycles. The van der Waals surface area contributed by atoms with Gasteiger partial charge in [0, 0.05) is 17.6 Å². The number of carbonyl (C=O) groups is 1. The molecule has 0 saturated carbocycles. The van der Waals surface area contributed by atoms with E-state index in [1.54, 1.807) is 0 Å². The summed E-state index contributed by atoms with van der Waals surface area (Å²) in [5.41, 5.74) is 3.17. The summed E-state index contributed by atoms with van der Waals surface area (Å²) < 4.78 is 0. The molecule has 1 N–H and O–H groups in total. The minimum absolute atomic E-state index is 0.103. The van der Waals surface area contributed by atoms with E-state index in [2.05, 4.69) is 37.4 Å². The van der Waals surface area contributed by atoms with Gasteiger partial charge in [0.15, 0.2) is 0 Å². The van der Waals surface area contributed by atoms with Gasteiger partial charge >= 0.3 is 0 Å². The van der Waals surface area contributed by atoms with Crippen molar-refractivity contribution >= 4 is 11.6 Å². The van der Waals surface area contributed by atoms with Crippen molar-refractivity contribution in [2.45, 2.75) is 25.3 Å². The lowest BCUT2D eigenvalue weighted by molar-refractivity contribution is -0.120. The molecule has 2 aromatic carbocycles. The third kappa shape index (κ3) is 2.42. The average Bonchev–Trinajstić information content (AvgIpc) is 2.62. The molecule has 1 aliphatic rings. The molecule has 1 atom stereocenters. The quantitative estimate of drug-likeness (QED) is 0.922. The van der Waals surface area contributed by atoms with Crippen molar-refractivity contribution in [2.75, 3.05) is 18.5 Å². The fourth-order valence-electron chi connectivity index (χ4n) is 3.32. The van der Waals surface area contributed by atoms with Crippen molar-refractivity contribution in [1.29, 1.82) is 0 Å². The van der Waals surface area contributed by atoms with Gasteiger partial charge in [0.05, 0.1) is 0 Å². The van der Waals surface area contributed by atoms with Crippen LogP contribution in [0.1, 0.15) is 31.0 Å². The molecule has 1 unspecified atom stereocenters. The van der Waals surface area contributed by atoms with Crippen LogP contribution in [0.5, 0.6) is 0 Å². The SMILES string of the molecule is CNC1C(=O)N(c2ccccc2)CC(C)(C)c2ccccc21. The molecule has 0 aliphatic carbocycles. The predicted molar refractivity (Wildman–Crippen MR) is 90.1 cm³/mol. The van der Waals surface area contributed by atoms with E-state index in [0.717, 1.165) is 11.3 Å². The molecule has 22 heavy (non-hydrogen) atoms. The Labute approximate surface area is 132 Å². The average molecular weight is 294 g/mol. The number of para-hydroxylation sites is 1. The van der Waals surface area contributed by atoms with Crippen LogP contribution >= 0.6 is 0 Å². The zero-order chi connectivity index (χ0) is 15.7. The molecule has 1 heterocycles. The van der Waals surface area contributed by atoms with Crippen molar-refractivity contribution in [2.24, 2.45) is 0 Å². The Hall–Kier alpha value is -2.13. The fraction of sp³-hybridized carbons (Fsp3) is 0.316. The lowest BCUT2D eigenvalue weighted by Gasteiger charge is -2.31. The Morgan fingerprint density at radius 1 is 1.05 bits per heavy atom. The van der Waals surface area contributed by atoms with Crippen LogP contribution in [-0.4, -0.2) is 19.5 Å². The van der Waals surface area contributed by atoms with Crippen molar-refractivity contribution < 1.29 is 4.79 Å². The lowest BCUT2D eigenvalue weighted by Crippen LogP contribution is -2.42. The Kier molecular flexibility index (Phi) is 3.75. The molecule has 114 valence electrons. The van der Waals surface area contributed by atoms with Gasteiger partial charge in [-0.05, 0) is 30.3 Å². The van der Waals surface area contributed by atoms with E-state index >= 15 is 0 Å². The van der Waals surface area contributed by atoms with Crippen molar-refractivity contribution in [1.82, 2.24) is 5.32 Å². The molecule has 0 radical (unpaired) electrons. The van der Waals surface area contributed by atoms with Gasteiger partial charge in [0.1, 0.15) is 6.04 Å². The normalized spacial score (nSPS) is 20.4. The second-order valence-corrected chi connectivity index (χ2v) is 6.45. The summed E-state index contributed by atoms with van der Waals surface area (Å²) in [5, 5.41) is 3.20. The number of carbonyl (C=O) groups excluding carboxylic acids is 1. The van der Waals surface area contributed by atoms with Crippen LogP contribution in [0.25, 0.3) is 0 Å². The molecule has 0 aromatic heterocycles. The van der Waals surface area contributed by atoms with E-state index in [0.29, 0.717) is 6.54 Å². The maximum absolute atomic E-state index is 13.1. The van der Waals surface area contributed by atoms with Crippen LogP contribution in [0.2, 0.25) is 0 Å². The second-order valence-electron chi connectivity index (χ2n) is 6.45. The highest BCUT2D eigenvalue weighted by molar-refractivity contribution is 5.99. The lowest BCUT2D eigenvalue weighted by atomic mass is 9.81. The summed E-state index contributed by atoms with van der Waals surface area (Å²) in [6.07, 6.45) is 0. The second kappa shape index (κ2) is 5.58. The first-order valence-corrected chi connectivity index (χ1v) is 7.68. The summed E-state index contributed by atoms with van der Waals surface area (Å²) in [7, 11) is 1.85. The van der Waals surface area contributed by atoms with E-state index in [9.17, 15) is 4.79 Å². The minimum Gasteiger partial charge on any atom is -0.310 e. The molecule has 3 heteroatoms. The molecule has 0 saturated heterocycles. The van der Waals surface area contributed by atoms with Crippen molar-refractivity contribution in [3.8, 4) is 0 Å². The summed E-state index contributed by atoms with van der Waals surface area (Å²) in [5.74, 6) is 0.103. The molecule has 0 spiro atoms.